The molecular weight excluding hydrogens is 370 g/mol. The van der Waals surface area contributed by atoms with Gasteiger partial charge in [0.15, 0.2) is 5.78 Å². The van der Waals surface area contributed by atoms with Crippen molar-refractivity contribution in [1.29, 1.82) is 0 Å². The van der Waals surface area contributed by atoms with Gasteiger partial charge in [0, 0.05) is 38.0 Å². The molecule has 0 spiro atoms. The highest BCUT2D eigenvalue weighted by Gasteiger charge is 2.41. The summed E-state index contributed by atoms with van der Waals surface area (Å²) in [5.41, 5.74) is 1.17. The van der Waals surface area contributed by atoms with Gasteiger partial charge >= 0.3 is 6.09 Å². The van der Waals surface area contributed by atoms with Crippen LogP contribution >= 0.6 is 0 Å². The summed E-state index contributed by atoms with van der Waals surface area (Å²) in [4.78, 5) is 30.5. The van der Waals surface area contributed by atoms with Crippen LogP contribution in [0.1, 0.15) is 69.1 Å². The number of carbonyl (C=O) groups excluding carboxylic acids is 2. The molecule has 2 aromatic rings. The van der Waals surface area contributed by atoms with Gasteiger partial charge in [-0.1, -0.05) is 0 Å². The molecule has 7 nitrogen and oxygen atoms in total. The minimum Gasteiger partial charge on any atom is -0.444 e. The van der Waals surface area contributed by atoms with E-state index in [0.717, 1.165) is 16.6 Å². The molecule has 1 aliphatic rings. The van der Waals surface area contributed by atoms with Crippen molar-refractivity contribution < 1.29 is 19.4 Å². The molecule has 1 atom stereocenters. The second-order valence-electron chi connectivity index (χ2n) is 9.13. The summed E-state index contributed by atoms with van der Waals surface area (Å²) in [5.74, 6) is -0.100. The minimum atomic E-state index is -1.15. The van der Waals surface area contributed by atoms with E-state index in [1.807, 2.05) is 32.1 Å². The summed E-state index contributed by atoms with van der Waals surface area (Å²) in [6.07, 6.45) is 6.07. The smallest absolute Gasteiger partial charge is 0.410 e. The molecule has 29 heavy (non-hydrogen) atoms. The lowest BCUT2D eigenvalue weighted by molar-refractivity contribution is -0.0378. The number of hydrogen-bond donors (Lipinski definition) is 1. The van der Waals surface area contributed by atoms with Crippen LogP contribution in [0.4, 0.5) is 4.79 Å². The third-order valence-corrected chi connectivity index (χ3v) is 5.77. The van der Waals surface area contributed by atoms with Crippen molar-refractivity contribution in [3.63, 3.8) is 0 Å². The van der Waals surface area contributed by atoms with Crippen molar-refractivity contribution in [3.05, 3.63) is 35.4 Å². The molecule has 1 amide bonds. The molecule has 158 valence electrons. The predicted molar refractivity (Wildman–Crippen MR) is 110 cm³/mol. The molecular formula is C22H31N3O4. The summed E-state index contributed by atoms with van der Waals surface area (Å²) in [7, 11) is 0. The number of piperidine rings is 1. The number of hydrogen-bond acceptors (Lipinski definition) is 5. The van der Waals surface area contributed by atoms with Gasteiger partial charge in [0.1, 0.15) is 5.60 Å². The van der Waals surface area contributed by atoms with Gasteiger partial charge in [-0.2, -0.15) is 0 Å². The van der Waals surface area contributed by atoms with E-state index < -0.39 is 11.2 Å². The van der Waals surface area contributed by atoms with Crippen LogP contribution in [-0.4, -0.2) is 50.0 Å². The zero-order valence-corrected chi connectivity index (χ0v) is 18.2. The predicted octanol–water partition coefficient (Wildman–Crippen LogP) is 3.70. The molecule has 0 aliphatic carbocycles. The summed E-state index contributed by atoms with van der Waals surface area (Å²) in [6, 6.07) is 0. The second-order valence-corrected chi connectivity index (χ2v) is 9.13. The lowest BCUT2D eigenvalue weighted by Gasteiger charge is -2.40. The second kappa shape index (κ2) is 7.44. The number of ketones is 1. The maximum Gasteiger partial charge on any atom is 0.410 e. The monoisotopic (exact) mass is 401 g/mol. The van der Waals surface area contributed by atoms with Crippen molar-refractivity contribution in [2.45, 2.75) is 65.6 Å². The Balaban J connectivity index is 1.87. The van der Waals surface area contributed by atoms with E-state index in [4.69, 9.17) is 4.74 Å². The van der Waals surface area contributed by atoms with E-state index in [9.17, 15) is 14.7 Å². The van der Waals surface area contributed by atoms with Crippen LogP contribution in [-0.2, 0) is 10.3 Å². The summed E-state index contributed by atoms with van der Waals surface area (Å²) >= 11 is 0. The van der Waals surface area contributed by atoms with Crippen molar-refractivity contribution in [3.8, 4) is 0 Å². The maximum atomic E-state index is 12.3. The van der Waals surface area contributed by atoms with E-state index in [-0.39, 0.29) is 17.8 Å². The highest BCUT2D eigenvalue weighted by molar-refractivity contribution is 5.96. The Morgan fingerprint density at radius 3 is 2.38 bits per heavy atom. The molecule has 3 heterocycles. The quantitative estimate of drug-likeness (QED) is 0.793. The van der Waals surface area contributed by atoms with E-state index in [1.165, 1.54) is 6.92 Å². The molecule has 1 aliphatic heterocycles. The number of aliphatic hydroxyl groups is 1. The van der Waals surface area contributed by atoms with Crippen molar-refractivity contribution in [1.82, 2.24) is 14.3 Å². The molecule has 0 radical (unpaired) electrons. The number of Topliss-reactive ketones (excluding diaryl/α,β-unsaturated/α-hetero) is 1. The first-order valence-corrected chi connectivity index (χ1v) is 10.1. The summed E-state index contributed by atoms with van der Waals surface area (Å²) in [5, 5.41) is 11.6. The fourth-order valence-corrected chi connectivity index (χ4v) is 4.46. The average Bonchev–Trinajstić information content (AvgIpc) is 2.92. The first-order valence-electron chi connectivity index (χ1n) is 10.1. The van der Waals surface area contributed by atoms with E-state index in [2.05, 4.69) is 4.98 Å². The van der Waals surface area contributed by atoms with Gasteiger partial charge in [0.05, 0.1) is 23.0 Å². The van der Waals surface area contributed by atoms with Crippen molar-refractivity contribution >= 4 is 17.4 Å². The maximum absolute atomic E-state index is 12.3. The Morgan fingerprint density at radius 1 is 1.21 bits per heavy atom. The molecule has 1 unspecified atom stereocenters. The molecule has 0 bridgehead atoms. The number of nitrogens with zero attached hydrogens (tertiary/aromatic N) is 3. The van der Waals surface area contributed by atoms with Crippen LogP contribution in [0.2, 0.25) is 0 Å². The Labute approximate surface area is 171 Å². The third-order valence-electron chi connectivity index (χ3n) is 5.77. The molecule has 3 rings (SSSR count). The molecule has 1 N–H and O–H groups in total. The summed E-state index contributed by atoms with van der Waals surface area (Å²) in [6.45, 7) is 11.8. The third kappa shape index (κ3) is 4.01. The largest absolute Gasteiger partial charge is 0.444 e. The van der Waals surface area contributed by atoms with E-state index >= 15 is 0 Å². The number of fused-ring (bicyclic) bond motifs is 1. The van der Waals surface area contributed by atoms with Crippen LogP contribution < -0.4 is 0 Å². The Hall–Kier alpha value is -2.41. The van der Waals surface area contributed by atoms with Crippen LogP contribution in [0.5, 0.6) is 0 Å². The van der Waals surface area contributed by atoms with Gasteiger partial charge in [0.2, 0.25) is 0 Å². The van der Waals surface area contributed by atoms with E-state index in [0.29, 0.717) is 31.6 Å². The zero-order chi connectivity index (χ0) is 21.6. The van der Waals surface area contributed by atoms with Crippen LogP contribution in [0.3, 0.4) is 0 Å². The molecule has 0 aromatic carbocycles. The number of likely N-dealkylation sites (tertiary alicyclic amines) is 1. The minimum absolute atomic E-state index is 0.0499. The molecule has 1 fully saturated rings. The molecule has 2 aromatic heterocycles. The van der Waals surface area contributed by atoms with Crippen molar-refractivity contribution in [2.75, 3.05) is 13.1 Å². The zero-order valence-electron chi connectivity index (χ0n) is 18.2. The normalized spacial score (nSPS) is 18.0. The summed E-state index contributed by atoms with van der Waals surface area (Å²) < 4.78 is 7.27. The van der Waals surface area contributed by atoms with Crippen LogP contribution in [0, 0.1) is 12.8 Å². The number of carbonyl (C=O) groups is 2. The Kier molecular flexibility index (Phi) is 5.47. The Bertz CT molecular complexity index is 931. The average molecular weight is 402 g/mol. The van der Waals surface area contributed by atoms with Gasteiger partial charge in [-0.15, -0.1) is 0 Å². The highest BCUT2D eigenvalue weighted by Crippen LogP contribution is 2.41. The molecule has 1 saturated heterocycles. The fourth-order valence-electron chi connectivity index (χ4n) is 4.46. The highest BCUT2D eigenvalue weighted by atomic mass is 16.6. The van der Waals surface area contributed by atoms with Gasteiger partial charge in [-0.05, 0) is 58.9 Å². The lowest BCUT2D eigenvalue weighted by atomic mass is 9.76. The van der Waals surface area contributed by atoms with Gasteiger partial charge in [0.25, 0.3) is 0 Å². The molecule has 0 saturated carbocycles. The fraction of sp³-hybridized carbons (Fsp3) is 0.591. The Morgan fingerprint density at radius 2 is 1.83 bits per heavy atom. The number of rotatable bonds is 3. The number of aromatic nitrogens is 2. The van der Waals surface area contributed by atoms with Crippen LogP contribution in [0.15, 0.2) is 18.6 Å². The van der Waals surface area contributed by atoms with Gasteiger partial charge < -0.3 is 19.1 Å². The first-order chi connectivity index (χ1) is 13.4. The molecule has 7 heteroatoms. The number of ether oxygens (including phenoxy) is 1. The van der Waals surface area contributed by atoms with Gasteiger partial charge in [-0.3, -0.25) is 9.78 Å². The van der Waals surface area contributed by atoms with E-state index in [1.54, 1.807) is 30.4 Å². The van der Waals surface area contributed by atoms with Crippen LogP contribution in [0.25, 0.3) is 5.52 Å². The van der Waals surface area contributed by atoms with Crippen molar-refractivity contribution in [2.24, 2.45) is 5.92 Å². The first kappa shape index (κ1) is 21.3. The lowest BCUT2D eigenvalue weighted by Crippen LogP contribution is -2.46. The topological polar surface area (TPSA) is 84.1 Å². The van der Waals surface area contributed by atoms with Gasteiger partial charge in [-0.25, -0.2) is 4.79 Å². The standard InChI is InChI=1S/C22H31N3O4/c1-14-18(17-13-23-9-12-25(17)19(14)15(2)26)22(6,28)16-7-10-24(11-8-16)20(27)29-21(3,4)5/h9,12-13,16,28H,7-8,10-11H2,1-6H3. The SMILES string of the molecule is CC(=O)c1c(C)c(C(C)(O)C2CCN(C(=O)OC(C)(C)C)CC2)c2cnccn12. The number of amides is 1.